The maximum absolute atomic E-state index is 7.22. The van der Waals surface area contributed by atoms with Gasteiger partial charge in [-0.3, -0.25) is 0 Å². The quantitative estimate of drug-likeness (QED) is 0.359. The molecule has 0 unspecified atom stereocenters. The van der Waals surface area contributed by atoms with E-state index in [-0.39, 0.29) is 25.6 Å². The van der Waals surface area contributed by atoms with Crippen molar-refractivity contribution in [3.8, 4) is 0 Å². The van der Waals surface area contributed by atoms with Crippen molar-refractivity contribution in [3.63, 3.8) is 0 Å². The van der Waals surface area contributed by atoms with Crippen LogP contribution in [-0.2, 0) is 19.5 Å². The first-order valence-electron chi connectivity index (χ1n) is 0.592. The molecule has 0 bridgehead atoms. The largest absolute Gasteiger partial charge is 2.00 e. The number of aliphatic hydroxyl groups excluding tert-OH is 1. The van der Waals surface area contributed by atoms with Gasteiger partial charge in [-0.15, -0.1) is 0 Å². The molecule has 0 amide bonds. The molecule has 0 fully saturated rings. The van der Waals surface area contributed by atoms with E-state index in [0.29, 0.717) is 6.73 Å². The second-order valence-electron chi connectivity index (χ2n) is 0.149. The topological polar surface area (TPSA) is 79.8 Å². The van der Waals surface area contributed by atoms with Crippen molar-refractivity contribution in [3.05, 3.63) is 12.9 Å². The van der Waals surface area contributed by atoms with Gasteiger partial charge in [0, 0.05) is 0 Å². The Morgan fingerprint density at radius 2 is 1.60 bits per heavy atom. The van der Waals surface area contributed by atoms with E-state index in [9.17, 15) is 0 Å². The smallest absolute Gasteiger partial charge is 0.693 e. The summed E-state index contributed by atoms with van der Waals surface area (Å²) in [5, 5.41) is 7.22. The molecule has 0 aliphatic rings. The van der Waals surface area contributed by atoms with Gasteiger partial charge in [0.15, 0.2) is 0 Å². The monoisotopic (exact) mass is 126 g/mol. The predicted molar refractivity (Wildman–Crippen MR) is 15.7 cm³/mol. The molecule has 0 heterocycles. The van der Waals surface area contributed by atoms with Crippen LogP contribution in [0.3, 0.4) is 0 Å². The van der Waals surface area contributed by atoms with Crippen molar-refractivity contribution in [1.29, 1.82) is 0 Å². The van der Waals surface area contributed by atoms with Crippen LogP contribution in [0.15, 0.2) is 0 Å². The van der Waals surface area contributed by atoms with Gasteiger partial charge < -0.3 is 17.0 Å². The van der Waals surface area contributed by atoms with Gasteiger partial charge in [0.1, 0.15) is 0 Å². The van der Waals surface area contributed by atoms with Crippen LogP contribution in [0, 0.1) is 6.73 Å². The Hall–Kier alpha value is 0.503. The molecule has 28 valence electrons. The second kappa shape index (κ2) is 24.5. The molecule has 5 heavy (non-hydrogen) atoms. The predicted octanol–water partition coefficient (Wildman–Crippen LogP) is 0.151. The number of hydrogen-bond acceptors (Lipinski definition) is 2. The van der Waals surface area contributed by atoms with Crippen molar-refractivity contribution in [2.45, 2.75) is 0 Å². The zero-order valence-corrected chi connectivity index (χ0v) is 5.85. The Balaban J connectivity index is -0.0000000200. The molecule has 0 aromatic carbocycles. The molecule has 5 N–H and O–H groups in total. The van der Waals surface area contributed by atoms with Crippen LogP contribution in [0.25, 0.3) is 6.15 Å². The van der Waals surface area contributed by atoms with Gasteiger partial charge in [-0.2, -0.15) is 6.73 Å². The normalized spacial score (nSPS) is 3.60. The van der Waals surface area contributed by atoms with E-state index in [0.717, 1.165) is 0 Å². The van der Waals surface area contributed by atoms with Gasteiger partial charge in [-0.25, -0.2) is 0 Å². The summed E-state index contributed by atoms with van der Waals surface area (Å²) in [5.74, 6) is 0. The summed E-state index contributed by atoms with van der Waals surface area (Å²) < 4.78 is 0. The van der Waals surface area contributed by atoms with Gasteiger partial charge in [0.25, 0.3) is 0 Å². The number of rotatable bonds is 0. The molecule has 0 spiro atoms. The molecular formula is CH6N2OZn. The number of nitrogens with two attached hydrogens (primary N) is 2. The Bertz CT molecular complexity index is 9.61. The third kappa shape index (κ3) is 111. The van der Waals surface area contributed by atoms with E-state index in [4.69, 9.17) is 5.11 Å². The van der Waals surface area contributed by atoms with Gasteiger partial charge in [0.2, 0.25) is 0 Å². The van der Waals surface area contributed by atoms with Crippen molar-refractivity contribution >= 4 is 0 Å². The second-order valence-corrected chi connectivity index (χ2v) is 0.149. The third-order valence-corrected chi connectivity index (χ3v) is 0. The number of aliphatic hydroxyl groups is 1. The van der Waals surface area contributed by atoms with E-state index in [1.165, 1.54) is 0 Å². The average molecular weight is 127 g/mol. The first-order chi connectivity index (χ1) is 1.41. The Morgan fingerprint density at radius 1 is 1.60 bits per heavy atom. The molecule has 3 nitrogen and oxygen atoms in total. The van der Waals surface area contributed by atoms with Gasteiger partial charge >= 0.3 is 19.5 Å². The number of hydrogen-bond donors (Lipinski definition) is 2. The molecule has 0 aliphatic carbocycles. The maximum Gasteiger partial charge on any atom is 2.00 e. The minimum Gasteiger partial charge on any atom is -0.693 e. The Labute approximate surface area is 43.9 Å². The molecule has 0 aromatic heterocycles. The van der Waals surface area contributed by atoms with Crippen LogP contribution < -0.4 is 5.73 Å². The summed E-state index contributed by atoms with van der Waals surface area (Å²) >= 11 is 0. The standard InChI is InChI=1S/CH4NO.H2N.Zn/c2-1-3;;/h1,3H,2H2;1H2;/q2*-1;+2. The fourth-order valence-corrected chi connectivity index (χ4v) is 0. The van der Waals surface area contributed by atoms with Crippen molar-refractivity contribution < 1.29 is 24.6 Å². The minimum atomic E-state index is 0. The zero-order valence-electron chi connectivity index (χ0n) is 2.89. The van der Waals surface area contributed by atoms with Crippen LogP contribution >= 0.6 is 0 Å². The molecular weight excluding hydrogens is 121 g/mol. The van der Waals surface area contributed by atoms with E-state index in [2.05, 4.69) is 5.73 Å². The summed E-state index contributed by atoms with van der Waals surface area (Å²) in [6.45, 7) is 0.500. The SMILES string of the molecule is N[CH-]O.[NH2-].[Zn+2]. The summed E-state index contributed by atoms with van der Waals surface area (Å²) in [7, 11) is 0. The van der Waals surface area contributed by atoms with Gasteiger partial charge in [0.05, 0.1) is 0 Å². The Morgan fingerprint density at radius 3 is 1.60 bits per heavy atom. The first kappa shape index (κ1) is 17.8. The summed E-state index contributed by atoms with van der Waals surface area (Å²) in [6, 6.07) is 0. The molecule has 0 saturated heterocycles. The van der Waals surface area contributed by atoms with E-state index < -0.39 is 0 Å². The summed E-state index contributed by atoms with van der Waals surface area (Å²) in [4.78, 5) is 0. The van der Waals surface area contributed by atoms with Gasteiger partial charge in [-0.05, 0) is 0 Å². The fraction of sp³-hybridized carbons (Fsp3) is 0. The molecule has 0 radical (unpaired) electrons. The molecule has 0 saturated carbocycles. The van der Waals surface area contributed by atoms with Crippen LogP contribution in [0.5, 0.6) is 0 Å². The van der Waals surface area contributed by atoms with E-state index in [1.807, 2.05) is 0 Å². The third-order valence-electron chi connectivity index (χ3n) is 0. The summed E-state index contributed by atoms with van der Waals surface area (Å²) in [5.41, 5.74) is 4.28. The maximum atomic E-state index is 7.22. The minimum absolute atomic E-state index is 0. The van der Waals surface area contributed by atoms with Gasteiger partial charge in [-0.1, -0.05) is 0 Å². The van der Waals surface area contributed by atoms with Crippen LogP contribution in [0.2, 0.25) is 0 Å². The van der Waals surface area contributed by atoms with E-state index >= 15 is 0 Å². The molecule has 0 atom stereocenters. The Kier molecular flexibility index (Phi) is 87.1. The van der Waals surface area contributed by atoms with Crippen molar-refractivity contribution in [2.24, 2.45) is 5.73 Å². The zero-order chi connectivity index (χ0) is 2.71. The van der Waals surface area contributed by atoms with Crippen molar-refractivity contribution in [2.75, 3.05) is 0 Å². The summed E-state index contributed by atoms with van der Waals surface area (Å²) in [6.07, 6.45) is 0. The molecule has 0 aromatic rings. The van der Waals surface area contributed by atoms with Crippen molar-refractivity contribution in [1.82, 2.24) is 0 Å². The first-order valence-corrected chi connectivity index (χ1v) is 0.592. The molecule has 0 rings (SSSR count). The fourth-order valence-electron chi connectivity index (χ4n) is 0. The average Bonchev–Trinajstić information content (AvgIpc) is 0.918. The van der Waals surface area contributed by atoms with Crippen LogP contribution in [0.4, 0.5) is 0 Å². The van der Waals surface area contributed by atoms with Crippen LogP contribution in [0.1, 0.15) is 0 Å². The molecule has 4 heteroatoms. The molecule has 0 aliphatic heterocycles. The van der Waals surface area contributed by atoms with E-state index in [1.54, 1.807) is 0 Å². The van der Waals surface area contributed by atoms with Crippen LogP contribution in [-0.4, -0.2) is 5.11 Å².